The molecule has 0 aliphatic heterocycles. The molecule has 1 amide bonds. The predicted octanol–water partition coefficient (Wildman–Crippen LogP) is 3.08. The van der Waals surface area contributed by atoms with E-state index in [9.17, 15) is 9.59 Å². The molecule has 0 spiro atoms. The number of anilines is 1. The number of aromatic carboxylic acids is 1. The molecular weight excluding hydrogens is 395 g/mol. The third-order valence-corrected chi connectivity index (χ3v) is 3.70. The highest BCUT2D eigenvalue weighted by atomic mass is 127. The van der Waals surface area contributed by atoms with Crippen LogP contribution in [0.4, 0.5) is 5.69 Å². The Morgan fingerprint density at radius 1 is 1.35 bits per heavy atom. The molecule has 0 bridgehead atoms. The molecule has 0 aliphatic carbocycles. The lowest BCUT2D eigenvalue weighted by Gasteiger charge is -2.09. The normalized spacial score (nSPS) is 10.3. The van der Waals surface area contributed by atoms with Gasteiger partial charge in [0.05, 0.1) is 5.69 Å². The van der Waals surface area contributed by atoms with Gasteiger partial charge in [-0.2, -0.15) is 0 Å². The van der Waals surface area contributed by atoms with Crippen LogP contribution in [0.1, 0.15) is 10.5 Å². The van der Waals surface area contributed by atoms with Crippen molar-refractivity contribution in [3.63, 3.8) is 0 Å². The van der Waals surface area contributed by atoms with Crippen LogP contribution in [0.15, 0.2) is 36.5 Å². The van der Waals surface area contributed by atoms with Crippen molar-refractivity contribution in [3.8, 4) is 0 Å². The van der Waals surface area contributed by atoms with Crippen molar-refractivity contribution in [2.45, 2.75) is 6.54 Å². The number of carboxylic acid groups (broad SMARTS) is 1. The second-order valence-electron chi connectivity index (χ2n) is 4.00. The number of rotatable bonds is 4. The van der Waals surface area contributed by atoms with Crippen molar-refractivity contribution >= 4 is 51.8 Å². The zero-order valence-corrected chi connectivity index (χ0v) is 13.1. The summed E-state index contributed by atoms with van der Waals surface area (Å²) in [5.74, 6) is -1.37. The van der Waals surface area contributed by atoms with Crippen LogP contribution in [0.5, 0.6) is 0 Å². The summed E-state index contributed by atoms with van der Waals surface area (Å²) >= 11 is 7.90. The molecular formula is C13H10ClIN2O3. The summed E-state index contributed by atoms with van der Waals surface area (Å²) in [5.41, 5.74) is 0.718. The van der Waals surface area contributed by atoms with Crippen LogP contribution in [0.3, 0.4) is 0 Å². The maximum Gasteiger partial charge on any atom is 0.352 e. The Hall–Kier alpha value is -1.54. The van der Waals surface area contributed by atoms with Gasteiger partial charge in [0.15, 0.2) is 0 Å². The number of benzene rings is 1. The molecule has 1 aromatic heterocycles. The van der Waals surface area contributed by atoms with E-state index in [1.54, 1.807) is 30.5 Å². The van der Waals surface area contributed by atoms with Gasteiger partial charge in [-0.25, -0.2) is 4.79 Å². The Kier molecular flexibility index (Phi) is 4.66. The number of aromatic nitrogens is 1. The van der Waals surface area contributed by atoms with Crippen LogP contribution in [-0.2, 0) is 11.3 Å². The third kappa shape index (κ3) is 3.51. The first kappa shape index (κ1) is 14.9. The van der Waals surface area contributed by atoms with E-state index in [0.29, 0.717) is 10.7 Å². The maximum atomic E-state index is 11.9. The smallest absolute Gasteiger partial charge is 0.352 e. The van der Waals surface area contributed by atoms with Gasteiger partial charge in [-0.1, -0.05) is 11.6 Å². The largest absolute Gasteiger partial charge is 0.477 e. The van der Waals surface area contributed by atoms with Gasteiger partial charge < -0.3 is 15.0 Å². The number of hydrogen-bond acceptors (Lipinski definition) is 2. The first-order valence-electron chi connectivity index (χ1n) is 5.60. The minimum atomic E-state index is -1.07. The minimum absolute atomic E-state index is 0.0622. The van der Waals surface area contributed by atoms with Crippen molar-refractivity contribution in [2.24, 2.45) is 0 Å². The first-order chi connectivity index (χ1) is 9.47. The summed E-state index contributed by atoms with van der Waals surface area (Å²) in [5, 5.41) is 12.3. The summed E-state index contributed by atoms with van der Waals surface area (Å²) in [4.78, 5) is 22.9. The van der Waals surface area contributed by atoms with Gasteiger partial charge in [0.25, 0.3) is 0 Å². The summed E-state index contributed by atoms with van der Waals surface area (Å²) in [6.07, 6.45) is 1.55. The topological polar surface area (TPSA) is 71.3 Å². The highest BCUT2D eigenvalue weighted by Gasteiger charge is 2.12. The van der Waals surface area contributed by atoms with Gasteiger partial charge >= 0.3 is 5.97 Å². The molecule has 104 valence electrons. The van der Waals surface area contributed by atoms with Gasteiger partial charge in [0, 0.05) is 14.8 Å². The number of carbonyl (C=O) groups is 2. The van der Waals surface area contributed by atoms with Gasteiger partial charge in [-0.3, -0.25) is 4.79 Å². The number of carbonyl (C=O) groups excluding carboxylic acids is 1. The molecule has 20 heavy (non-hydrogen) atoms. The van der Waals surface area contributed by atoms with Crippen molar-refractivity contribution in [2.75, 3.05) is 5.32 Å². The fraction of sp³-hybridized carbons (Fsp3) is 0.0769. The Bertz CT molecular complexity index is 669. The predicted molar refractivity (Wildman–Crippen MR) is 84.2 cm³/mol. The molecule has 2 N–H and O–H groups in total. The molecule has 0 fully saturated rings. The average molecular weight is 405 g/mol. The van der Waals surface area contributed by atoms with Gasteiger partial charge in [-0.15, -0.1) is 0 Å². The first-order valence-corrected chi connectivity index (χ1v) is 7.06. The Morgan fingerprint density at radius 3 is 2.75 bits per heavy atom. The Balaban J connectivity index is 2.09. The SMILES string of the molecule is O=C(Cn1cccc1C(=O)O)Nc1ccc(Cl)cc1I. The van der Waals surface area contributed by atoms with E-state index in [2.05, 4.69) is 27.9 Å². The van der Waals surface area contributed by atoms with Crippen molar-refractivity contribution < 1.29 is 14.7 Å². The number of halogens is 2. The average Bonchev–Trinajstić information content (AvgIpc) is 2.81. The summed E-state index contributed by atoms with van der Waals surface area (Å²) in [6.45, 7) is -0.0622. The highest BCUT2D eigenvalue weighted by molar-refractivity contribution is 14.1. The fourth-order valence-electron chi connectivity index (χ4n) is 1.68. The van der Waals surface area contributed by atoms with Crippen molar-refractivity contribution in [3.05, 3.63) is 50.8 Å². The quantitative estimate of drug-likeness (QED) is 0.770. The molecule has 2 rings (SSSR count). The zero-order chi connectivity index (χ0) is 14.7. The van der Waals surface area contributed by atoms with E-state index in [-0.39, 0.29) is 18.1 Å². The molecule has 0 atom stereocenters. The van der Waals surface area contributed by atoms with Crippen LogP contribution in [0, 0.1) is 3.57 Å². The highest BCUT2D eigenvalue weighted by Crippen LogP contribution is 2.22. The van der Waals surface area contributed by atoms with Gasteiger partial charge in [-0.05, 0) is 52.9 Å². The molecule has 1 aromatic carbocycles. The molecule has 1 heterocycles. The number of hydrogen-bond donors (Lipinski definition) is 2. The minimum Gasteiger partial charge on any atom is -0.477 e. The summed E-state index contributed by atoms with van der Waals surface area (Å²) < 4.78 is 2.19. The molecule has 0 aliphatic rings. The second-order valence-corrected chi connectivity index (χ2v) is 5.60. The van der Waals surface area contributed by atoms with Crippen LogP contribution < -0.4 is 5.32 Å². The van der Waals surface area contributed by atoms with E-state index in [0.717, 1.165) is 3.57 Å². The maximum absolute atomic E-state index is 11.9. The molecule has 0 saturated heterocycles. The number of amides is 1. The monoisotopic (exact) mass is 404 g/mol. The van der Waals surface area contributed by atoms with E-state index < -0.39 is 5.97 Å². The number of nitrogens with zero attached hydrogens (tertiary/aromatic N) is 1. The van der Waals surface area contributed by atoms with Crippen LogP contribution in [0.2, 0.25) is 5.02 Å². The second kappa shape index (κ2) is 6.27. The van der Waals surface area contributed by atoms with Crippen LogP contribution in [0.25, 0.3) is 0 Å². The standard InChI is InChI=1S/C13H10ClIN2O3/c14-8-3-4-10(9(15)6-8)16-12(18)7-17-5-1-2-11(17)13(19)20/h1-6H,7H2,(H,16,18)(H,19,20). The van der Waals surface area contributed by atoms with Crippen LogP contribution >= 0.6 is 34.2 Å². The third-order valence-electron chi connectivity index (χ3n) is 2.57. The molecule has 0 unspecified atom stereocenters. The zero-order valence-electron chi connectivity index (χ0n) is 10.1. The number of nitrogens with one attached hydrogen (secondary N) is 1. The van der Waals surface area contributed by atoms with E-state index in [1.807, 2.05) is 0 Å². The van der Waals surface area contributed by atoms with Crippen LogP contribution in [-0.4, -0.2) is 21.6 Å². The fourth-order valence-corrected chi connectivity index (χ4v) is 2.69. The molecule has 0 saturated carbocycles. The van der Waals surface area contributed by atoms with E-state index >= 15 is 0 Å². The van der Waals surface area contributed by atoms with Gasteiger partial charge in [0.2, 0.25) is 5.91 Å². The summed E-state index contributed by atoms with van der Waals surface area (Å²) in [6, 6.07) is 8.15. The van der Waals surface area contributed by atoms with Crippen molar-refractivity contribution in [1.29, 1.82) is 0 Å². The Morgan fingerprint density at radius 2 is 2.10 bits per heavy atom. The molecule has 2 aromatic rings. The van der Waals surface area contributed by atoms with E-state index in [4.69, 9.17) is 16.7 Å². The lowest BCUT2D eigenvalue weighted by Crippen LogP contribution is -2.21. The van der Waals surface area contributed by atoms with E-state index in [1.165, 1.54) is 10.6 Å². The molecule has 5 nitrogen and oxygen atoms in total. The molecule has 7 heteroatoms. The lowest BCUT2D eigenvalue weighted by atomic mass is 10.3. The van der Waals surface area contributed by atoms with Crippen molar-refractivity contribution in [1.82, 2.24) is 4.57 Å². The Labute approximate surface area is 133 Å². The van der Waals surface area contributed by atoms with Gasteiger partial charge in [0.1, 0.15) is 12.2 Å². The number of carboxylic acids is 1. The lowest BCUT2D eigenvalue weighted by molar-refractivity contribution is -0.116. The molecule has 0 radical (unpaired) electrons. The summed E-state index contributed by atoms with van der Waals surface area (Å²) in [7, 11) is 0.